The number of rotatable bonds is 4. The van der Waals surface area contributed by atoms with Crippen LogP contribution in [0.3, 0.4) is 0 Å². The highest BCUT2D eigenvalue weighted by molar-refractivity contribution is 6.30. The molecule has 110 valence electrons. The maximum atomic E-state index is 8.60. The van der Waals surface area contributed by atoms with Crippen LogP contribution in [-0.4, -0.2) is 28.1 Å². The Morgan fingerprint density at radius 1 is 1.38 bits per heavy atom. The fraction of sp³-hybridized carbons (Fsp3) is 0.214. The van der Waals surface area contributed by atoms with Crippen LogP contribution in [-0.2, 0) is 0 Å². The Bertz CT molecular complexity index is 644. The highest BCUT2D eigenvalue weighted by Gasteiger charge is 2.14. The van der Waals surface area contributed by atoms with Crippen molar-refractivity contribution in [2.45, 2.75) is 13.0 Å². The van der Waals surface area contributed by atoms with Crippen LogP contribution >= 0.6 is 11.6 Å². The van der Waals surface area contributed by atoms with Gasteiger partial charge in [-0.2, -0.15) is 0 Å². The van der Waals surface area contributed by atoms with Gasteiger partial charge in [-0.05, 0) is 24.6 Å². The maximum Gasteiger partial charge on any atom is 0.190 e. The lowest BCUT2D eigenvalue weighted by Crippen LogP contribution is -2.23. The number of aromatic nitrogens is 2. The van der Waals surface area contributed by atoms with Gasteiger partial charge in [0, 0.05) is 12.1 Å². The Labute approximate surface area is 127 Å². The summed E-state index contributed by atoms with van der Waals surface area (Å²) in [4.78, 5) is 10.4. The van der Waals surface area contributed by atoms with Crippen molar-refractivity contribution in [3.63, 3.8) is 0 Å². The standard InChI is InChI=1S/C14H16ClN5O/c1-9(10-4-3-5-11(15)6-10)20(2)13-8-17-12(7-18-13)14(16)19-21/h3-9,21H,1-2H3,(H2,16,19). The van der Waals surface area contributed by atoms with Crippen molar-refractivity contribution in [1.29, 1.82) is 0 Å². The van der Waals surface area contributed by atoms with Crippen molar-refractivity contribution in [3.8, 4) is 0 Å². The molecule has 0 fully saturated rings. The zero-order valence-corrected chi connectivity index (χ0v) is 12.5. The number of benzene rings is 1. The lowest BCUT2D eigenvalue weighted by molar-refractivity contribution is 0.318. The maximum absolute atomic E-state index is 8.60. The zero-order valence-electron chi connectivity index (χ0n) is 11.7. The SMILES string of the molecule is CC(c1cccc(Cl)c1)N(C)c1cnc(C(N)=NO)cn1. The van der Waals surface area contributed by atoms with Gasteiger partial charge < -0.3 is 15.8 Å². The number of hydrogen-bond donors (Lipinski definition) is 2. The number of oxime groups is 1. The summed E-state index contributed by atoms with van der Waals surface area (Å²) < 4.78 is 0. The second kappa shape index (κ2) is 6.41. The molecule has 0 aliphatic heterocycles. The second-order valence-corrected chi connectivity index (χ2v) is 5.02. The average molecular weight is 306 g/mol. The van der Waals surface area contributed by atoms with Crippen molar-refractivity contribution in [2.75, 3.05) is 11.9 Å². The van der Waals surface area contributed by atoms with Crippen molar-refractivity contribution in [1.82, 2.24) is 9.97 Å². The summed E-state index contributed by atoms with van der Waals surface area (Å²) in [5.74, 6) is 0.608. The number of halogens is 1. The van der Waals surface area contributed by atoms with E-state index >= 15 is 0 Å². The number of nitrogens with zero attached hydrogens (tertiary/aromatic N) is 4. The predicted octanol–water partition coefficient (Wildman–Crippen LogP) is 2.42. The Hall–Kier alpha value is -2.34. The van der Waals surface area contributed by atoms with E-state index in [0.29, 0.717) is 16.5 Å². The Morgan fingerprint density at radius 3 is 2.71 bits per heavy atom. The molecule has 0 saturated heterocycles. The Kier molecular flexibility index (Phi) is 4.59. The molecule has 1 atom stereocenters. The molecule has 0 saturated carbocycles. The van der Waals surface area contributed by atoms with E-state index in [1.54, 1.807) is 6.20 Å². The van der Waals surface area contributed by atoms with Crippen LogP contribution in [0.2, 0.25) is 5.02 Å². The molecule has 7 heteroatoms. The first-order valence-electron chi connectivity index (χ1n) is 6.31. The van der Waals surface area contributed by atoms with E-state index in [2.05, 4.69) is 15.1 Å². The summed E-state index contributed by atoms with van der Waals surface area (Å²) in [5, 5.41) is 12.2. The van der Waals surface area contributed by atoms with Gasteiger partial charge in [-0.25, -0.2) is 9.97 Å². The minimum absolute atomic E-state index is 0.0698. The van der Waals surface area contributed by atoms with Gasteiger partial charge in [0.15, 0.2) is 5.84 Å². The van der Waals surface area contributed by atoms with Gasteiger partial charge in [-0.15, -0.1) is 0 Å². The summed E-state index contributed by atoms with van der Waals surface area (Å²) in [6, 6.07) is 7.75. The van der Waals surface area contributed by atoms with Crippen LogP contribution in [0, 0.1) is 0 Å². The van der Waals surface area contributed by atoms with E-state index in [0.717, 1.165) is 5.56 Å². The summed E-state index contributed by atoms with van der Waals surface area (Å²) >= 11 is 6.01. The van der Waals surface area contributed by atoms with E-state index in [1.807, 2.05) is 43.1 Å². The van der Waals surface area contributed by atoms with Crippen LogP contribution in [0.1, 0.15) is 24.2 Å². The van der Waals surface area contributed by atoms with Crippen molar-refractivity contribution < 1.29 is 5.21 Å². The third-order valence-electron chi connectivity index (χ3n) is 3.28. The summed E-state index contributed by atoms with van der Waals surface area (Å²) in [7, 11) is 1.92. The van der Waals surface area contributed by atoms with E-state index in [9.17, 15) is 0 Å². The Morgan fingerprint density at radius 2 is 2.14 bits per heavy atom. The van der Waals surface area contributed by atoms with Crippen LogP contribution in [0.4, 0.5) is 5.82 Å². The van der Waals surface area contributed by atoms with Crippen LogP contribution < -0.4 is 10.6 Å². The molecule has 1 aromatic heterocycles. The Balaban J connectivity index is 2.21. The second-order valence-electron chi connectivity index (χ2n) is 4.59. The highest BCUT2D eigenvalue weighted by atomic mass is 35.5. The van der Waals surface area contributed by atoms with Gasteiger partial charge in [0.05, 0.1) is 18.4 Å². The molecule has 6 nitrogen and oxygen atoms in total. The fourth-order valence-electron chi connectivity index (χ4n) is 1.88. The van der Waals surface area contributed by atoms with Gasteiger partial charge in [-0.1, -0.05) is 28.9 Å². The normalized spacial score (nSPS) is 13.0. The number of anilines is 1. The van der Waals surface area contributed by atoms with Crippen LogP contribution in [0.5, 0.6) is 0 Å². The van der Waals surface area contributed by atoms with Crippen LogP contribution in [0.15, 0.2) is 41.8 Å². The summed E-state index contributed by atoms with van der Waals surface area (Å²) in [6.07, 6.45) is 3.04. The summed E-state index contributed by atoms with van der Waals surface area (Å²) in [5.41, 5.74) is 6.86. The topological polar surface area (TPSA) is 87.6 Å². The van der Waals surface area contributed by atoms with Gasteiger partial charge in [0.25, 0.3) is 0 Å². The molecule has 1 heterocycles. The molecule has 1 aromatic carbocycles. The molecule has 0 amide bonds. The summed E-state index contributed by atoms with van der Waals surface area (Å²) in [6.45, 7) is 2.05. The monoisotopic (exact) mass is 305 g/mol. The molecule has 1 unspecified atom stereocenters. The van der Waals surface area contributed by atoms with Crippen LogP contribution in [0.25, 0.3) is 0 Å². The smallest absolute Gasteiger partial charge is 0.190 e. The van der Waals surface area contributed by atoms with Crippen molar-refractivity contribution in [2.24, 2.45) is 10.9 Å². The first-order valence-corrected chi connectivity index (χ1v) is 6.69. The van der Waals surface area contributed by atoms with Gasteiger partial charge in [0.1, 0.15) is 11.5 Å². The third kappa shape index (κ3) is 3.41. The molecule has 0 radical (unpaired) electrons. The molecule has 3 N–H and O–H groups in total. The molecular weight excluding hydrogens is 290 g/mol. The van der Waals surface area contributed by atoms with E-state index in [1.165, 1.54) is 6.20 Å². The number of hydrogen-bond acceptors (Lipinski definition) is 5. The lowest BCUT2D eigenvalue weighted by Gasteiger charge is -2.26. The molecule has 2 aromatic rings. The fourth-order valence-corrected chi connectivity index (χ4v) is 2.07. The molecule has 0 aliphatic rings. The highest BCUT2D eigenvalue weighted by Crippen LogP contribution is 2.25. The van der Waals surface area contributed by atoms with E-state index in [-0.39, 0.29) is 11.9 Å². The first kappa shape index (κ1) is 15.1. The molecule has 0 aliphatic carbocycles. The van der Waals surface area contributed by atoms with Gasteiger partial charge in [0.2, 0.25) is 0 Å². The van der Waals surface area contributed by atoms with Crippen molar-refractivity contribution >= 4 is 23.3 Å². The minimum atomic E-state index is -0.0698. The number of nitrogens with two attached hydrogens (primary N) is 1. The predicted molar refractivity (Wildman–Crippen MR) is 82.8 cm³/mol. The third-order valence-corrected chi connectivity index (χ3v) is 3.52. The largest absolute Gasteiger partial charge is 0.409 e. The average Bonchev–Trinajstić information content (AvgIpc) is 2.53. The first-order chi connectivity index (χ1) is 10.0. The van der Waals surface area contributed by atoms with E-state index < -0.39 is 0 Å². The molecule has 0 spiro atoms. The molecule has 21 heavy (non-hydrogen) atoms. The quantitative estimate of drug-likeness (QED) is 0.392. The van der Waals surface area contributed by atoms with E-state index in [4.69, 9.17) is 22.5 Å². The zero-order chi connectivity index (χ0) is 15.4. The molecule has 2 rings (SSSR count). The number of amidine groups is 1. The lowest BCUT2D eigenvalue weighted by atomic mass is 10.1. The van der Waals surface area contributed by atoms with Gasteiger partial charge in [-0.3, -0.25) is 0 Å². The minimum Gasteiger partial charge on any atom is -0.409 e. The van der Waals surface area contributed by atoms with Gasteiger partial charge >= 0.3 is 0 Å². The van der Waals surface area contributed by atoms with Crippen molar-refractivity contribution in [3.05, 3.63) is 52.9 Å². The molecular formula is C14H16ClN5O. The molecule has 0 bridgehead atoms.